The minimum Gasteiger partial charge on any atom is -0.493 e. The molecule has 152 valence electrons. The largest absolute Gasteiger partial charge is 0.493 e. The number of carbonyl (C=O) groups is 1. The number of hydrogen-bond acceptors (Lipinski definition) is 6. The maximum atomic E-state index is 13.1. The number of aryl methyl sites for hydroxylation is 1. The highest BCUT2D eigenvalue weighted by Crippen LogP contribution is 2.32. The first kappa shape index (κ1) is 20.3. The van der Waals surface area contributed by atoms with Gasteiger partial charge in [-0.3, -0.25) is 4.79 Å². The van der Waals surface area contributed by atoms with E-state index in [4.69, 9.17) is 9.47 Å². The van der Waals surface area contributed by atoms with Crippen molar-refractivity contribution in [1.82, 2.24) is 14.1 Å². The second-order valence-corrected chi connectivity index (χ2v) is 8.60. The van der Waals surface area contributed by atoms with E-state index in [9.17, 15) is 13.2 Å². The van der Waals surface area contributed by atoms with Crippen LogP contribution < -0.4 is 9.47 Å². The Morgan fingerprint density at radius 2 is 1.75 bits per heavy atom. The molecule has 1 aliphatic heterocycles. The summed E-state index contributed by atoms with van der Waals surface area (Å²) in [5.41, 5.74) is 0.839. The number of nitrogens with zero attached hydrogens (tertiary/aromatic N) is 3. The van der Waals surface area contributed by atoms with Crippen LogP contribution in [0.15, 0.2) is 23.1 Å². The molecule has 0 amide bonds. The molecule has 0 spiro atoms. The van der Waals surface area contributed by atoms with E-state index < -0.39 is 15.9 Å². The van der Waals surface area contributed by atoms with Gasteiger partial charge in [0.25, 0.3) is 5.91 Å². The number of piperidine rings is 1. The van der Waals surface area contributed by atoms with Gasteiger partial charge in [0.1, 0.15) is 4.90 Å². The second kappa shape index (κ2) is 7.92. The standard InChI is InChI=1S/C19H25N3O5S/c1-13-18(28(24,25)21-11-6-5-7-12-21)14(2)22(20-13)19(23)15-9-8-10-16(26-3)17(15)27-4/h8-10H,5-7,11-12H2,1-4H3. The van der Waals surface area contributed by atoms with Gasteiger partial charge in [0.15, 0.2) is 11.5 Å². The van der Waals surface area contributed by atoms with Crippen LogP contribution in [0.25, 0.3) is 0 Å². The van der Waals surface area contributed by atoms with Gasteiger partial charge in [-0.05, 0) is 38.8 Å². The molecule has 0 atom stereocenters. The number of rotatable bonds is 5. The van der Waals surface area contributed by atoms with E-state index in [2.05, 4.69) is 5.10 Å². The number of benzene rings is 1. The van der Waals surface area contributed by atoms with Crippen LogP contribution in [0.5, 0.6) is 11.5 Å². The second-order valence-electron chi connectivity index (χ2n) is 6.72. The molecular formula is C19H25N3O5S. The van der Waals surface area contributed by atoms with Crippen LogP contribution >= 0.6 is 0 Å². The molecule has 0 N–H and O–H groups in total. The number of sulfonamides is 1. The summed E-state index contributed by atoms with van der Waals surface area (Å²) in [6.45, 7) is 4.19. The molecule has 0 aliphatic carbocycles. The van der Waals surface area contributed by atoms with Crippen LogP contribution in [0, 0.1) is 13.8 Å². The highest BCUT2D eigenvalue weighted by Gasteiger charge is 2.33. The van der Waals surface area contributed by atoms with Crippen LogP contribution in [0.1, 0.15) is 41.0 Å². The molecule has 9 heteroatoms. The van der Waals surface area contributed by atoms with E-state index in [1.807, 2.05) is 0 Å². The Balaban J connectivity index is 2.06. The van der Waals surface area contributed by atoms with Gasteiger partial charge in [-0.2, -0.15) is 14.1 Å². The Hall–Kier alpha value is -2.39. The molecule has 0 saturated carbocycles. The highest BCUT2D eigenvalue weighted by atomic mass is 32.2. The lowest BCUT2D eigenvalue weighted by atomic mass is 10.1. The van der Waals surface area contributed by atoms with Crippen LogP contribution in [0.2, 0.25) is 0 Å². The van der Waals surface area contributed by atoms with Gasteiger partial charge in [-0.1, -0.05) is 12.5 Å². The van der Waals surface area contributed by atoms with Crippen molar-refractivity contribution in [2.24, 2.45) is 0 Å². The molecule has 28 heavy (non-hydrogen) atoms. The van der Waals surface area contributed by atoms with Crippen LogP contribution in [0.4, 0.5) is 0 Å². The average molecular weight is 407 g/mol. The van der Waals surface area contributed by atoms with Crippen molar-refractivity contribution in [3.8, 4) is 11.5 Å². The van der Waals surface area contributed by atoms with Crippen LogP contribution in [-0.4, -0.2) is 55.7 Å². The Bertz CT molecular complexity index is 991. The first-order chi connectivity index (χ1) is 13.3. The lowest BCUT2D eigenvalue weighted by Gasteiger charge is -2.25. The molecule has 0 bridgehead atoms. The van der Waals surface area contributed by atoms with Crippen molar-refractivity contribution in [2.45, 2.75) is 38.0 Å². The van der Waals surface area contributed by atoms with Crippen molar-refractivity contribution < 1.29 is 22.7 Å². The average Bonchev–Trinajstić information content (AvgIpc) is 3.01. The third-order valence-electron chi connectivity index (χ3n) is 4.96. The molecule has 3 rings (SSSR count). The summed E-state index contributed by atoms with van der Waals surface area (Å²) in [5.74, 6) is 0.218. The Morgan fingerprint density at radius 1 is 1.07 bits per heavy atom. The molecule has 0 unspecified atom stereocenters. The van der Waals surface area contributed by atoms with Crippen LogP contribution in [0.3, 0.4) is 0 Å². The van der Waals surface area contributed by atoms with Gasteiger partial charge in [-0.25, -0.2) is 8.42 Å². The predicted molar refractivity (Wildman–Crippen MR) is 104 cm³/mol. The van der Waals surface area contributed by atoms with Gasteiger partial charge >= 0.3 is 0 Å². The third kappa shape index (κ3) is 3.40. The Kier molecular flexibility index (Phi) is 5.76. The molecule has 1 aliphatic rings. The van der Waals surface area contributed by atoms with Gasteiger partial charge < -0.3 is 9.47 Å². The third-order valence-corrected chi connectivity index (χ3v) is 7.12. The summed E-state index contributed by atoms with van der Waals surface area (Å²) >= 11 is 0. The zero-order valence-corrected chi connectivity index (χ0v) is 17.4. The molecule has 1 aromatic carbocycles. The number of aromatic nitrogens is 2. The first-order valence-electron chi connectivity index (χ1n) is 9.15. The van der Waals surface area contributed by atoms with Gasteiger partial charge in [0.2, 0.25) is 10.0 Å². The fourth-order valence-electron chi connectivity index (χ4n) is 3.60. The quantitative estimate of drug-likeness (QED) is 0.756. The van der Waals surface area contributed by atoms with E-state index >= 15 is 0 Å². The summed E-state index contributed by atoms with van der Waals surface area (Å²) in [4.78, 5) is 13.2. The van der Waals surface area contributed by atoms with Crippen molar-refractivity contribution in [3.63, 3.8) is 0 Å². The van der Waals surface area contributed by atoms with Gasteiger partial charge in [-0.15, -0.1) is 0 Å². The van der Waals surface area contributed by atoms with Crippen molar-refractivity contribution in [3.05, 3.63) is 35.2 Å². The van der Waals surface area contributed by atoms with E-state index in [0.717, 1.165) is 23.9 Å². The van der Waals surface area contributed by atoms with Gasteiger partial charge in [0, 0.05) is 13.1 Å². The smallest absolute Gasteiger partial charge is 0.282 e. The summed E-state index contributed by atoms with van der Waals surface area (Å²) in [6.07, 6.45) is 2.70. The first-order valence-corrected chi connectivity index (χ1v) is 10.6. The van der Waals surface area contributed by atoms with Crippen molar-refractivity contribution in [2.75, 3.05) is 27.3 Å². The Morgan fingerprint density at radius 3 is 2.36 bits per heavy atom. The molecule has 2 heterocycles. The molecule has 8 nitrogen and oxygen atoms in total. The molecule has 2 aromatic rings. The zero-order valence-electron chi connectivity index (χ0n) is 16.6. The number of hydrogen-bond donors (Lipinski definition) is 0. The lowest BCUT2D eigenvalue weighted by Crippen LogP contribution is -2.36. The molecule has 1 saturated heterocycles. The predicted octanol–water partition coefficient (Wildman–Crippen LogP) is 2.38. The van der Waals surface area contributed by atoms with Crippen LogP contribution in [-0.2, 0) is 10.0 Å². The van der Waals surface area contributed by atoms with Gasteiger partial charge in [0.05, 0.1) is 31.2 Å². The minimum absolute atomic E-state index is 0.101. The lowest BCUT2D eigenvalue weighted by molar-refractivity contribution is 0.0938. The van der Waals surface area contributed by atoms with E-state index in [1.165, 1.54) is 18.5 Å². The van der Waals surface area contributed by atoms with Crippen molar-refractivity contribution >= 4 is 15.9 Å². The normalized spacial score (nSPS) is 15.4. The summed E-state index contributed by atoms with van der Waals surface area (Å²) in [7, 11) is -0.774. The summed E-state index contributed by atoms with van der Waals surface area (Å²) in [6, 6.07) is 4.95. The molecule has 1 fully saturated rings. The fraction of sp³-hybridized carbons (Fsp3) is 0.474. The number of carbonyl (C=O) groups excluding carboxylic acids is 1. The van der Waals surface area contributed by atoms with Crippen molar-refractivity contribution in [1.29, 1.82) is 0 Å². The molecular weight excluding hydrogens is 382 g/mol. The zero-order chi connectivity index (χ0) is 20.5. The maximum Gasteiger partial charge on any atom is 0.282 e. The summed E-state index contributed by atoms with van der Waals surface area (Å²) < 4.78 is 39.5. The maximum absolute atomic E-state index is 13.1. The van der Waals surface area contributed by atoms with E-state index in [0.29, 0.717) is 24.5 Å². The van der Waals surface area contributed by atoms with E-state index in [-0.39, 0.29) is 21.9 Å². The molecule has 1 aromatic heterocycles. The monoisotopic (exact) mass is 407 g/mol. The van der Waals surface area contributed by atoms with E-state index in [1.54, 1.807) is 32.0 Å². The number of ether oxygens (including phenoxy) is 2. The molecule has 0 radical (unpaired) electrons. The minimum atomic E-state index is -3.70. The Labute approximate surface area is 165 Å². The summed E-state index contributed by atoms with van der Waals surface area (Å²) in [5, 5.41) is 4.24. The fourth-order valence-corrected chi connectivity index (χ4v) is 5.47. The topological polar surface area (TPSA) is 90.7 Å². The number of para-hydroxylation sites is 1. The SMILES string of the molecule is COc1cccc(C(=O)n2nc(C)c(S(=O)(=O)N3CCCCC3)c2C)c1OC. The number of methoxy groups -OCH3 is 2. The highest BCUT2D eigenvalue weighted by molar-refractivity contribution is 7.89.